The molecule has 0 fully saturated rings. The molecule has 5 nitrogen and oxygen atoms in total. The van der Waals surface area contributed by atoms with E-state index in [2.05, 4.69) is 62.4 Å². The number of nitrogens with zero attached hydrogens (tertiary/aromatic N) is 4. The minimum Gasteiger partial charge on any atom is -0.340 e. The van der Waals surface area contributed by atoms with E-state index in [0.29, 0.717) is 0 Å². The fourth-order valence-corrected chi connectivity index (χ4v) is 5.37. The molecule has 4 aromatic rings. The standard InChI is InChI=1S/C21H21N5S2/c1-2-7-26-8-3-4-14(11-26)19-10-16-20(22-12-23-21(16)28-19)25-15-5-6-18-17(9-15)24-13-27-18/h4-6,9-10,12-13H,2-3,7-8,11H2,1H3,(H,22,23,25). The van der Waals surface area contributed by atoms with Crippen LogP contribution in [0.1, 0.15) is 24.6 Å². The van der Waals surface area contributed by atoms with Crippen molar-refractivity contribution in [1.82, 2.24) is 19.9 Å². The van der Waals surface area contributed by atoms with Gasteiger partial charge in [0.15, 0.2) is 0 Å². The van der Waals surface area contributed by atoms with E-state index in [0.717, 1.165) is 53.3 Å². The molecule has 0 aliphatic carbocycles. The summed E-state index contributed by atoms with van der Waals surface area (Å²) in [6, 6.07) is 8.49. The maximum absolute atomic E-state index is 4.51. The van der Waals surface area contributed by atoms with E-state index in [4.69, 9.17) is 0 Å². The minimum absolute atomic E-state index is 0.851. The van der Waals surface area contributed by atoms with E-state index in [1.165, 1.54) is 21.6 Å². The Balaban J connectivity index is 1.46. The third-order valence-electron chi connectivity index (χ3n) is 5.01. The molecule has 5 rings (SSSR count). The molecule has 0 bridgehead atoms. The van der Waals surface area contributed by atoms with Gasteiger partial charge in [-0.25, -0.2) is 15.0 Å². The van der Waals surface area contributed by atoms with Crippen molar-refractivity contribution in [2.24, 2.45) is 0 Å². The summed E-state index contributed by atoms with van der Waals surface area (Å²) >= 11 is 3.41. The molecule has 1 N–H and O–H groups in total. The van der Waals surface area contributed by atoms with Crippen LogP contribution >= 0.6 is 22.7 Å². The fourth-order valence-electron chi connectivity index (χ4n) is 3.68. The number of nitrogens with one attached hydrogen (secondary N) is 1. The number of hydrogen-bond donors (Lipinski definition) is 1. The second kappa shape index (κ2) is 7.58. The highest BCUT2D eigenvalue weighted by molar-refractivity contribution is 7.19. The first-order valence-corrected chi connectivity index (χ1v) is 11.3. The van der Waals surface area contributed by atoms with Crippen LogP contribution < -0.4 is 5.32 Å². The summed E-state index contributed by atoms with van der Waals surface area (Å²) in [7, 11) is 0. The predicted octanol–water partition coefficient (Wildman–Crippen LogP) is 5.54. The maximum atomic E-state index is 4.51. The van der Waals surface area contributed by atoms with E-state index >= 15 is 0 Å². The summed E-state index contributed by atoms with van der Waals surface area (Å²) < 4.78 is 1.19. The van der Waals surface area contributed by atoms with Crippen molar-refractivity contribution in [3.05, 3.63) is 47.1 Å². The SMILES string of the molecule is CCCN1CCC=C(c2cc3c(Nc4ccc5scnc5c4)ncnc3s2)C1. The van der Waals surface area contributed by atoms with Gasteiger partial charge in [-0.2, -0.15) is 0 Å². The number of hydrogen-bond acceptors (Lipinski definition) is 7. The lowest BCUT2D eigenvalue weighted by molar-refractivity contribution is 0.305. The zero-order chi connectivity index (χ0) is 18.9. The Labute approximate surface area is 171 Å². The third-order valence-corrected chi connectivity index (χ3v) is 6.94. The topological polar surface area (TPSA) is 53.9 Å². The van der Waals surface area contributed by atoms with Crippen molar-refractivity contribution in [2.45, 2.75) is 19.8 Å². The van der Waals surface area contributed by atoms with Crippen molar-refractivity contribution in [3.8, 4) is 0 Å². The predicted molar refractivity (Wildman–Crippen MR) is 120 cm³/mol. The van der Waals surface area contributed by atoms with Crippen LogP contribution in [0.15, 0.2) is 42.2 Å². The van der Waals surface area contributed by atoms with Gasteiger partial charge in [0, 0.05) is 23.7 Å². The van der Waals surface area contributed by atoms with E-state index in [1.807, 2.05) is 5.51 Å². The van der Waals surface area contributed by atoms with Gasteiger partial charge >= 0.3 is 0 Å². The summed E-state index contributed by atoms with van der Waals surface area (Å²) in [4.78, 5) is 18.3. The first kappa shape index (κ1) is 17.7. The van der Waals surface area contributed by atoms with Crippen LogP contribution in [0.25, 0.3) is 26.0 Å². The summed E-state index contributed by atoms with van der Waals surface area (Å²) in [6.07, 6.45) is 6.34. The van der Waals surface area contributed by atoms with Gasteiger partial charge in [0.1, 0.15) is 17.0 Å². The van der Waals surface area contributed by atoms with Gasteiger partial charge in [0.05, 0.1) is 21.1 Å². The van der Waals surface area contributed by atoms with Crippen LogP contribution in [0.2, 0.25) is 0 Å². The first-order valence-electron chi connectivity index (χ1n) is 9.57. The summed E-state index contributed by atoms with van der Waals surface area (Å²) in [5.74, 6) is 0.851. The number of aromatic nitrogens is 3. The Kier molecular flexibility index (Phi) is 4.80. The largest absolute Gasteiger partial charge is 0.340 e. The molecule has 4 heterocycles. The molecule has 7 heteroatoms. The van der Waals surface area contributed by atoms with Gasteiger partial charge in [-0.05, 0) is 49.2 Å². The number of anilines is 2. The molecule has 0 saturated heterocycles. The number of thiazole rings is 1. The Morgan fingerprint density at radius 3 is 3.07 bits per heavy atom. The highest BCUT2D eigenvalue weighted by atomic mass is 32.1. The van der Waals surface area contributed by atoms with Gasteiger partial charge < -0.3 is 5.32 Å². The molecule has 0 spiro atoms. The summed E-state index contributed by atoms with van der Waals surface area (Å²) in [6.45, 7) is 5.59. The fraction of sp³-hybridized carbons (Fsp3) is 0.286. The molecule has 0 amide bonds. The monoisotopic (exact) mass is 407 g/mol. The molecule has 0 radical (unpaired) electrons. The number of benzene rings is 1. The summed E-state index contributed by atoms with van der Waals surface area (Å²) in [5.41, 5.74) is 5.30. The van der Waals surface area contributed by atoms with Gasteiger partial charge in [-0.3, -0.25) is 4.90 Å². The molecule has 3 aromatic heterocycles. The van der Waals surface area contributed by atoms with Crippen molar-refractivity contribution in [1.29, 1.82) is 0 Å². The van der Waals surface area contributed by atoms with Crippen molar-refractivity contribution in [2.75, 3.05) is 25.0 Å². The quantitative estimate of drug-likeness (QED) is 0.470. The molecule has 1 aliphatic rings. The Morgan fingerprint density at radius 1 is 1.18 bits per heavy atom. The highest BCUT2D eigenvalue weighted by Gasteiger charge is 2.17. The molecular formula is C21H21N5S2. The molecule has 0 atom stereocenters. The Morgan fingerprint density at radius 2 is 2.14 bits per heavy atom. The number of fused-ring (bicyclic) bond motifs is 2. The lowest BCUT2D eigenvalue weighted by Gasteiger charge is -2.26. The molecule has 28 heavy (non-hydrogen) atoms. The van der Waals surface area contributed by atoms with Crippen LogP contribution in [0, 0.1) is 0 Å². The molecule has 0 saturated carbocycles. The minimum atomic E-state index is 0.851. The molecule has 142 valence electrons. The molecule has 1 aromatic carbocycles. The Bertz CT molecular complexity index is 1160. The average molecular weight is 408 g/mol. The smallest absolute Gasteiger partial charge is 0.142 e. The van der Waals surface area contributed by atoms with Crippen LogP contribution in [0.3, 0.4) is 0 Å². The van der Waals surface area contributed by atoms with Crippen molar-refractivity contribution < 1.29 is 0 Å². The zero-order valence-electron chi connectivity index (χ0n) is 15.7. The van der Waals surface area contributed by atoms with E-state index in [9.17, 15) is 0 Å². The van der Waals surface area contributed by atoms with Crippen LogP contribution in [-0.2, 0) is 0 Å². The maximum Gasteiger partial charge on any atom is 0.142 e. The van der Waals surface area contributed by atoms with E-state index in [-0.39, 0.29) is 0 Å². The molecular weight excluding hydrogens is 386 g/mol. The van der Waals surface area contributed by atoms with Crippen LogP contribution in [0.4, 0.5) is 11.5 Å². The van der Waals surface area contributed by atoms with Crippen LogP contribution in [0.5, 0.6) is 0 Å². The van der Waals surface area contributed by atoms with Crippen LogP contribution in [-0.4, -0.2) is 39.5 Å². The summed E-state index contributed by atoms with van der Waals surface area (Å²) in [5, 5.41) is 4.54. The second-order valence-corrected chi connectivity index (χ2v) is 8.92. The van der Waals surface area contributed by atoms with Crippen molar-refractivity contribution >= 4 is 60.2 Å². The first-order chi connectivity index (χ1) is 13.8. The highest BCUT2D eigenvalue weighted by Crippen LogP contribution is 2.35. The normalized spacial score (nSPS) is 15.2. The van der Waals surface area contributed by atoms with Gasteiger partial charge in [0.25, 0.3) is 0 Å². The zero-order valence-corrected chi connectivity index (χ0v) is 17.3. The lowest BCUT2D eigenvalue weighted by Crippen LogP contribution is -2.29. The number of thiophene rings is 1. The third kappa shape index (κ3) is 3.41. The van der Waals surface area contributed by atoms with Gasteiger partial charge in [-0.15, -0.1) is 22.7 Å². The Hall–Kier alpha value is -2.35. The molecule has 0 unspecified atom stereocenters. The lowest BCUT2D eigenvalue weighted by atomic mass is 10.1. The molecule has 1 aliphatic heterocycles. The average Bonchev–Trinajstić information content (AvgIpc) is 3.35. The number of rotatable bonds is 5. The van der Waals surface area contributed by atoms with E-state index in [1.54, 1.807) is 29.0 Å². The van der Waals surface area contributed by atoms with Crippen molar-refractivity contribution in [3.63, 3.8) is 0 Å². The van der Waals surface area contributed by atoms with E-state index < -0.39 is 0 Å². The van der Waals surface area contributed by atoms with Gasteiger partial charge in [-0.1, -0.05) is 13.0 Å². The second-order valence-electron chi connectivity index (χ2n) is 7.01. The van der Waals surface area contributed by atoms with Gasteiger partial charge in [0.2, 0.25) is 0 Å².